The zero-order valence-corrected chi connectivity index (χ0v) is 20.9. The van der Waals surface area contributed by atoms with Crippen LogP contribution in [-0.2, 0) is 6.54 Å². The lowest BCUT2D eigenvalue weighted by Gasteiger charge is -2.35. The van der Waals surface area contributed by atoms with Crippen molar-refractivity contribution in [3.05, 3.63) is 70.2 Å². The Balaban J connectivity index is 1.49. The second-order valence-corrected chi connectivity index (χ2v) is 10.0. The molecule has 1 unspecified atom stereocenters. The SMILES string of the molecule is CC(CCO)CCCNCc1ccccc1[C@H]1CC[C@H](N(C)C(=O)c2ccc(Cl)cc2)CC1. The number of rotatable bonds is 11. The fraction of sp³-hybridized carbons (Fsp3) is 0.536. The Morgan fingerprint density at radius 2 is 1.79 bits per heavy atom. The number of benzene rings is 2. The summed E-state index contributed by atoms with van der Waals surface area (Å²) in [6, 6.07) is 16.3. The molecule has 33 heavy (non-hydrogen) atoms. The van der Waals surface area contributed by atoms with Crippen LogP contribution < -0.4 is 5.32 Å². The van der Waals surface area contributed by atoms with Crippen molar-refractivity contribution in [1.29, 1.82) is 0 Å². The molecule has 0 heterocycles. The van der Waals surface area contributed by atoms with Crippen molar-refractivity contribution in [2.24, 2.45) is 5.92 Å². The molecule has 1 atom stereocenters. The largest absolute Gasteiger partial charge is 0.396 e. The smallest absolute Gasteiger partial charge is 0.253 e. The van der Waals surface area contributed by atoms with Gasteiger partial charge in [-0.1, -0.05) is 42.8 Å². The Bertz CT molecular complexity index is 862. The first-order chi connectivity index (χ1) is 16.0. The highest BCUT2D eigenvalue weighted by atomic mass is 35.5. The van der Waals surface area contributed by atoms with Crippen molar-refractivity contribution >= 4 is 17.5 Å². The summed E-state index contributed by atoms with van der Waals surface area (Å²) < 4.78 is 0. The molecule has 4 nitrogen and oxygen atoms in total. The lowest BCUT2D eigenvalue weighted by Crippen LogP contribution is -2.39. The van der Waals surface area contributed by atoms with Crippen molar-refractivity contribution < 1.29 is 9.90 Å². The number of hydrogen-bond donors (Lipinski definition) is 2. The van der Waals surface area contributed by atoms with Gasteiger partial charge in [-0.25, -0.2) is 0 Å². The summed E-state index contributed by atoms with van der Waals surface area (Å²) in [5.74, 6) is 1.22. The van der Waals surface area contributed by atoms with Gasteiger partial charge < -0.3 is 15.3 Å². The van der Waals surface area contributed by atoms with E-state index in [1.165, 1.54) is 11.1 Å². The van der Waals surface area contributed by atoms with Crippen LogP contribution in [0.4, 0.5) is 0 Å². The fourth-order valence-electron chi connectivity index (χ4n) is 4.99. The quantitative estimate of drug-likeness (QED) is 0.394. The molecule has 1 fully saturated rings. The van der Waals surface area contributed by atoms with E-state index in [4.69, 9.17) is 16.7 Å². The number of carbonyl (C=O) groups is 1. The van der Waals surface area contributed by atoms with E-state index in [0.717, 1.165) is 58.0 Å². The summed E-state index contributed by atoms with van der Waals surface area (Å²) in [4.78, 5) is 14.8. The molecule has 1 saturated carbocycles. The van der Waals surface area contributed by atoms with Crippen LogP contribution in [0.3, 0.4) is 0 Å². The van der Waals surface area contributed by atoms with Crippen LogP contribution in [0.2, 0.25) is 5.02 Å². The fourth-order valence-corrected chi connectivity index (χ4v) is 5.12. The summed E-state index contributed by atoms with van der Waals surface area (Å²) in [5.41, 5.74) is 3.56. The predicted octanol–water partition coefficient (Wildman–Crippen LogP) is 6.03. The van der Waals surface area contributed by atoms with Crippen LogP contribution in [-0.4, -0.2) is 42.2 Å². The molecule has 2 aromatic carbocycles. The Morgan fingerprint density at radius 1 is 1.09 bits per heavy atom. The number of carbonyl (C=O) groups excluding carboxylic acids is 1. The maximum Gasteiger partial charge on any atom is 0.253 e. The second kappa shape index (κ2) is 13.1. The van der Waals surface area contributed by atoms with Crippen molar-refractivity contribution in [3.63, 3.8) is 0 Å². The third kappa shape index (κ3) is 7.56. The summed E-state index contributed by atoms with van der Waals surface area (Å²) in [6.07, 6.45) is 7.48. The molecule has 1 aliphatic carbocycles. The summed E-state index contributed by atoms with van der Waals surface area (Å²) in [7, 11) is 1.93. The number of aliphatic hydroxyl groups is 1. The Morgan fingerprint density at radius 3 is 2.48 bits per heavy atom. The molecule has 3 rings (SSSR count). The minimum atomic E-state index is 0.0769. The zero-order valence-electron chi connectivity index (χ0n) is 20.1. The number of nitrogens with zero attached hydrogens (tertiary/aromatic N) is 1. The highest BCUT2D eigenvalue weighted by molar-refractivity contribution is 6.30. The number of aliphatic hydroxyl groups excluding tert-OH is 1. The molecule has 2 aromatic rings. The maximum atomic E-state index is 12.9. The third-order valence-corrected chi connectivity index (χ3v) is 7.39. The molecular weight excluding hydrogens is 432 g/mol. The molecule has 0 bridgehead atoms. The van der Waals surface area contributed by atoms with Crippen LogP contribution in [0, 0.1) is 5.92 Å². The summed E-state index contributed by atoms with van der Waals surface area (Å²) in [5, 5.41) is 13.3. The van der Waals surface area contributed by atoms with E-state index in [1.807, 2.05) is 24.1 Å². The average molecular weight is 471 g/mol. The first kappa shape index (κ1) is 25.7. The van der Waals surface area contributed by atoms with Crippen LogP contribution in [0.25, 0.3) is 0 Å². The van der Waals surface area contributed by atoms with Crippen molar-refractivity contribution in [1.82, 2.24) is 10.2 Å². The zero-order chi connectivity index (χ0) is 23.6. The first-order valence-electron chi connectivity index (χ1n) is 12.4. The van der Waals surface area contributed by atoms with Crippen LogP contribution in [0.5, 0.6) is 0 Å². The second-order valence-electron chi connectivity index (χ2n) is 9.56. The van der Waals surface area contributed by atoms with Crippen molar-refractivity contribution in [2.75, 3.05) is 20.2 Å². The number of halogens is 1. The van der Waals surface area contributed by atoms with Crippen LogP contribution in [0.1, 0.15) is 79.3 Å². The van der Waals surface area contributed by atoms with E-state index < -0.39 is 0 Å². The minimum absolute atomic E-state index is 0.0769. The topological polar surface area (TPSA) is 52.6 Å². The molecule has 0 aliphatic heterocycles. The Hall–Kier alpha value is -1.88. The van der Waals surface area contributed by atoms with E-state index in [0.29, 0.717) is 22.4 Å². The van der Waals surface area contributed by atoms with E-state index in [2.05, 4.69) is 36.5 Å². The summed E-state index contributed by atoms with van der Waals surface area (Å²) in [6.45, 7) is 4.41. The van der Waals surface area contributed by atoms with Gasteiger partial charge in [-0.05, 0) is 98.7 Å². The van der Waals surface area contributed by atoms with Crippen molar-refractivity contribution in [3.8, 4) is 0 Å². The van der Waals surface area contributed by atoms with Crippen molar-refractivity contribution in [2.45, 2.75) is 70.4 Å². The Kier molecular flexibility index (Phi) is 10.2. The van der Waals surface area contributed by atoms with Gasteiger partial charge in [-0.3, -0.25) is 4.79 Å². The first-order valence-corrected chi connectivity index (χ1v) is 12.8. The van der Waals surface area contributed by atoms with Crippen LogP contribution in [0.15, 0.2) is 48.5 Å². The number of nitrogens with one attached hydrogen (secondary N) is 1. The number of amides is 1. The van der Waals surface area contributed by atoms with E-state index in [9.17, 15) is 4.79 Å². The summed E-state index contributed by atoms with van der Waals surface area (Å²) >= 11 is 5.97. The van der Waals surface area contributed by atoms with Gasteiger partial charge in [0.1, 0.15) is 0 Å². The van der Waals surface area contributed by atoms with Gasteiger partial charge in [-0.2, -0.15) is 0 Å². The normalized spacial score (nSPS) is 19.3. The molecule has 0 radical (unpaired) electrons. The molecule has 0 saturated heterocycles. The van der Waals surface area contributed by atoms with Gasteiger partial charge in [0, 0.05) is 36.8 Å². The van der Waals surface area contributed by atoms with E-state index in [1.54, 1.807) is 12.1 Å². The monoisotopic (exact) mass is 470 g/mol. The lowest BCUT2D eigenvalue weighted by atomic mass is 9.79. The van der Waals surface area contributed by atoms with Gasteiger partial charge >= 0.3 is 0 Å². The maximum absolute atomic E-state index is 12.9. The molecular formula is C28H39ClN2O2. The lowest BCUT2D eigenvalue weighted by molar-refractivity contribution is 0.0689. The van der Waals surface area contributed by atoms with Gasteiger partial charge in [-0.15, -0.1) is 0 Å². The van der Waals surface area contributed by atoms with Gasteiger partial charge in [0.05, 0.1) is 0 Å². The molecule has 1 aliphatic rings. The minimum Gasteiger partial charge on any atom is -0.396 e. The average Bonchev–Trinajstić information content (AvgIpc) is 2.84. The van der Waals surface area contributed by atoms with Gasteiger partial charge in [0.2, 0.25) is 0 Å². The highest BCUT2D eigenvalue weighted by Crippen LogP contribution is 2.36. The molecule has 5 heteroatoms. The number of hydrogen-bond acceptors (Lipinski definition) is 3. The van der Waals surface area contributed by atoms with E-state index >= 15 is 0 Å². The molecule has 1 amide bonds. The standard InChI is InChI=1S/C28H39ClN2O2/c1-21(17-19-32)6-5-18-30-20-24-7-3-4-8-27(24)22-11-15-26(16-12-22)31(2)28(33)23-9-13-25(29)14-10-23/h3-4,7-10,13-14,21-22,26,30,32H,5-6,11-12,15-20H2,1-2H3/t21?,22-,26-. The van der Waals surface area contributed by atoms with Crippen LogP contribution >= 0.6 is 11.6 Å². The van der Waals surface area contributed by atoms with Gasteiger partial charge in [0.15, 0.2) is 0 Å². The molecule has 0 aromatic heterocycles. The van der Waals surface area contributed by atoms with Gasteiger partial charge in [0.25, 0.3) is 5.91 Å². The third-order valence-electron chi connectivity index (χ3n) is 7.14. The predicted molar refractivity (Wildman–Crippen MR) is 137 cm³/mol. The van der Waals surface area contributed by atoms with E-state index in [-0.39, 0.29) is 18.6 Å². The molecule has 0 spiro atoms. The molecule has 2 N–H and O–H groups in total. The highest BCUT2D eigenvalue weighted by Gasteiger charge is 2.28. The molecule has 180 valence electrons. The Labute approximate surface area is 204 Å².